The van der Waals surface area contributed by atoms with E-state index in [9.17, 15) is 14.4 Å². The van der Waals surface area contributed by atoms with Crippen molar-refractivity contribution in [3.8, 4) is 0 Å². The van der Waals surface area contributed by atoms with E-state index in [-0.39, 0.29) is 18.9 Å². The SMILES string of the molecule is CCOC(=O)C(NC(=O)c1cc(Br)c[nH]1)C(=O)OCC. The lowest BCUT2D eigenvalue weighted by Gasteiger charge is -2.15. The molecule has 0 radical (unpaired) electrons. The minimum atomic E-state index is -1.48. The van der Waals surface area contributed by atoms with Gasteiger partial charge in [-0.15, -0.1) is 0 Å². The first kappa shape index (κ1) is 16.2. The van der Waals surface area contributed by atoms with Crippen LogP contribution in [0.1, 0.15) is 24.3 Å². The molecule has 8 heteroatoms. The summed E-state index contributed by atoms with van der Waals surface area (Å²) in [4.78, 5) is 37.9. The quantitative estimate of drug-likeness (QED) is 0.591. The second-order valence-corrected chi connectivity index (χ2v) is 4.56. The van der Waals surface area contributed by atoms with E-state index in [1.54, 1.807) is 20.0 Å². The molecule has 1 aromatic heterocycles. The summed E-state index contributed by atoms with van der Waals surface area (Å²) in [7, 11) is 0. The molecular formula is C12H15BrN2O5. The van der Waals surface area contributed by atoms with Gasteiger partial charge >= 0.3 is 11.9 Å². The van der Waals surface area contributed by atoms with Crippen molar-refractivity contribution in [1.82, 2.24) is 10.3 Å². The third kappa shape index (κ3) is 4.37. The van der Waals surface area contributed by atoms with Gasteiger partial charge in [-0.05, 0) is 35.8 Å². The average Bonchev–Trinajstić information content (AvgIpc) is 2.83. The fraction of sp³-hybridized carbons (Fsp3) is 0.417. The van der Waals surface area contributed by atoms with Gasteiger partial charge in [0.2, 0.25) is 6.04 Å². The third-order valence-corrected chi connectivity index (χ3v) is 2.67. The summed E-state index contributed by atoms with van der Waals surface area (Å²) in [6, 6.07) is 0.0346. The first-order valence-corrected chi connectivity index (χ1v) is 6.76. The number of aromatic nitrogens is 1. The number of H-pyrrole nitrogens is 1. The van der Waals surface area contributed by atoms with Gasteiger partial charge in [0.25, 0.3) is 5.91 Å². The van der Waals surface area contributed by atoms with E-state index in [4.69, 9.17) is 9.47 Å². The molecule has 110 valence electrons. The lowest BCUT2D eigenvalue weighted by atomic mass is 10.2. The van der Waals surface area contributed by atoms with E-state index >= 15 is 0 Å². The Kier molecular flexibility index (Phi) is 6.23. The second-order valence-electron chi connectivity index (χ2n) is 3.64. The second kappa shape index (κ2) is 7.68. The summed E-state index contributed by atoms with van der Waals surface area (Å²) in [5.74, 6) is -2.32. The molecule has 0 aromatic carbocycles. The molecule has 0 aliphatic rings. The van der Waals surface area contributed by atoms with Crippen molar-refractivity contribution in [2.75, 3.05) is 13.2 Å². The highest BCUT2D eigenvalue weighted by atomic mass is 79.9. The maximum atomic E-state index is 11.9. The Morgan fingerprint density at radius 2 is 1.80 bits per heavy atom. The van der Waals surface area contributed by atoms with Gasteiger partial charge < -0.3 is 19.8 Å². The zero-order chi connectivity index (χ0) is 15.1. The molecule has 1 aromatic rings. The molecule has 0 aliphatic heterocycles. The van der Waals surface area contributed by atoms with Crippen LogP contribution in [0.4, 0.5) is 0 Å². The van der Waals surface area contributed by atoms with Gasteiger partial charge in [-0.2, -0.15) is 0 Å². The van der Waals surface area contributed by atoms with Crippen LogP contribution in [0.15, 0.2) is 16.7 Å². The summed E-state index contributed by atoms with van der Waals surface area (Å²) in [5.41, 5.74) is 0.204. The molecule has 7 nitrogen and oxygen atoms in total. The molecule has 0 bridgehead atoms. The highest BCUT2D eigenvalue weighted by Crippen LogP contribution is 2.10. The molecule has 1 amide bonds. The van der Waals surface area contributed by atoms with E-state index < -0.39 is 23.9 Å². The van der Waals surface area contributed by atoms with Crippen LogP contribution in [-0.4, -0.2) is 42.1 Å². The Balaban J connectivity index is 2.80. The summed E-state index contributed by atoms with van der Waals surface area (Å²) in [5, 5.41) is 2.28. The molecule has 0 spiro atoms. The van der Waals surface area contributed by atoms with Gasteiger partial charge in [-0.3, -0.25) is 4.79 Å². The monoisotopic (exact) mass is 346 g/mol. The van der Waals surface area contributed by atoms with Crippen LogP contribution in [0, 0.1) is 0 Å². The van der Waals surface area contributed by atoms with E-state index in [0.717, 1.165) is 0 Å². The summed E-state index contributed by atoms with van der Waals surface area (Å²) < 4.78 is 10.2. The predicted molar refractivity (Wildman–Crippen MR) is 73.0 cm³/mol. The minimum absolute atomic E-state index is 0.0959. The highest BCUT2D eigenvalue weighted by Gasteiger charge is 2.31. The number of carbonyl (C=O) groups excluding carboxylic acids is 3. The van der Waals surface area contributed by atoms with Gasteiger partial charge in [0.05, 0.1) is 13.2 Å². The Morgan fingerprint density at radius 1 is 1.25 bits per heavy atom. The number of carbonyl (C=O) groups is 3. The first-order valence-electron chi connectivity index (χ1n) is 5.97. The third-order valence-electron chi connectivity index (χ3n) is 2.21. The van der Waals surface area contributed by atoms with Crippen LogP contribution >= 0.6 is 15.9 Å². The van der Waals surface area contributed by atoms with Crippen molar-refractivity contribution in [3.05, 3.63) is 22.4 Å². The zero-order valence-electron chi connectivity index (χ0n) is 11.1. The van der Waals surface area contributed by atoms with E-state index in [0.29, 0.717) is 4.47 Å². The molecular weight excluding hydrogens is 332 g/mol. The van der Waals surface area contributed by atoms with Crippen LogP contribution in [0.25, 0.3) is 0 Å². The van der Waals surface area contributed by atoms with Crippen molar-refractivity contribution in [1.29, 1.82) is 0 Å². The number of hydrogen-bond donors (Lipinski definition) is 2. The fourth-order valence-electron chi connectivity index (χ4n) is 1.37. The van der Waals surface area contributed by atoms with Gasteiger partial charge in [-0.25, -0.2) is 9.59 Å². The molecule has 1 heterocycles. The highest BCUT2D eigenvalue weighted by molar-refractivity contribution is 9.10. The van der Waals surface area contributed by atoms with Crippen LogP contribution in [0.2, 0.25) is 0 Å². The van der Waals surface area contributed by atoms with Gasteiger partial charge in [0, 0.05) is 10.7 Å². The maximum Gasteiger partial charge on any atom is 0.340 e. The van der Waals surface area contributed by atoms with Crippen molar-refractivity contribution in [2.45, 2.75) is 19.9 Å². The molecule has 20 heavy (non-hydrogen) atoms. The zero-order valence-corrected chi connectivity index (χ0v) is 12.7. The van der Waals surface area contributed by atoms with Crippen molar-refractivity contribution < 1.29 is 23.9 Å². The molecule has 0 aliphatic carbocycles. The minimum Gasteiger partial charge on any atom is -0.464 e. The van der Waals surface area contributed by atoms with E-state index in [1.165, 1.54) is 6.07 Å². The predicted octanol–water partition coefficient (Wildman–Crippen LogP) is 1.00. The molecule has 0 saturated heterocycles. The first-order chi connectivity index (χ1) is 9.49. The lowest BCUT2D eigenvalue weighted by Crippen LogP contribution is -2.48. The number of rotatable bonds is 6. The molecule has 2 N–H and O–H groups in total. The van der Waals surface area contributed by atoms with E-state index in [2.05, 4.69) is 26.2 Å². The Hall–Kier alpha value is -1.83. The van der Waals surface area contributed by atoms with Gasteiger partial charge in [-0.1, -0.05) is 0 Å². The fourth-order valence-corrected chi connectivity index (χ4v) is 1.72. The molecule has 0 unspecified atom stereocenters. The number of esters is 2. The standard InChI is InChI=1S/C12H15BrN2O5/c1-3-19-11(17)9(12(18)20-4-2)15-10(16)8-5-7(13)6-14-8/h5-6,9,14H,3-4H2,1-2H3,(H,15,16). The summed E-state index contributed by atoms with van der Waals surface area (Å²) in [6.45, 7) is 3.39. The number of ether oxygens (including phenoxy) is 2. The smallest absolute Gasteiger partial charge is 0.340 e. The molecule has 0 atom stereocenters. The van der Waals surface area contributed by atoms with Gasteiger partial charge in [0.15, 0.2) is 0 Å². The van der Waals surface area contributed by atoms with Crippen molar-refractivity contribution >= 4 is 33.8 Å². The van der Waals surface area contributed by atoms with Crippen molar-refractivity contribution in [3.63, 3.8) is 0 Å². The number of amides is 1. The number of nitrogens with one attached hydrogen (secondary N) is 2. The lowest BCUT2D eigenvalue weighted by molar-refractivity contribution is -0.157. The van der Waals surface area contributed by atoms with Gasteiger partial charge in [0.1, 0.15) is 5.69 Å². The van der Waals surface area contributed by atoms with Crippen LogP contribution in [0.3, 0.4) is 0 Å². The van der Waals surface area contributed by atoms with Crippen LogP contribution in [-0.2, 0) is 19.1 Å². The number of halogens is 1. The molecule has 1 rings (SSSR count). The Bertz CT molecular complexity index is 482. The summed E-state index contributed by atoms with van der Waals surface area (Å²) in [6.07, 6.45) is 1.55. The van der Waals surface area contributed by atoms with Crippen molar-refractivity contribution in [2.24, 2.45) is 0 Å². The normalized spacial score (nSPS) is 10.2. The number of aromatic amines is 1. The molecule has 0 saturated carbocycles. The number of hydrogen-bond acceptors (Lipinski definition) is 5. The Morgan fingerprint density at radius 3 is 2.20 bits per heavy atom. The maximum absolute atomic E-state index is 11.9. The molecule has 0 fully saturated rings. The average molecular weight is 347 g/mol. The summed E-state index contributed by atoms with van der Waals surface area (Å²) >= 11 is 3.18. The topological polar surface area (TPSA) is 97.5 Å². The van der Waals surface area contributed by atoms with E-state index in [1.807, 2.05) is 0 Å². The van der Waals surface area contributed by atoms with Crippen LogP contribution < -0.4 is 5.32 Å². The van der Waals surface area contributed by atoms with Crippen LogP contribution in [0.5, 0.6) is 0 Å². The largest absolute Gasteiger partial charge is 0.464 e. The Labute approximate surface area is 124 Å².